The number of carbonyl (C=O) groups is 1. The monoisotopic (exact) mass is 326 g/mol. The third kappa shape index (κ3) is 2.97. The van der Waals surface area contributed by atoms with Crippen LogP contribution in [0.15, 0.2) is 17.0 Å². The lowest BCUT2D eigenvalue weighted by molar-refractivity contribution is -0.122. The van der Waals surface area contributed by atoms with Crippen LogP contribution >= 0.6 is 24.0 Å². The Morgan fingerprint density at radius 2 is 1.71 bits per heavy atom. The van der Waals surface area contributed by atoms with Gasteiger partial charge in [-0.3, -0.25) is 4.79 Å². The third-order valence-electron chi connectivity index (χ3n) is 2.85. The zero-order valence-electron chi connectivity index (χ0n) is 11.7. The molecule has 2 N–H and O–H groups in total. The van der Waals surface area contributed by atoms with E-state index in [0.29, 0.717) is 32.0 Å². The molecular weight excluding hydrogens is 312 g/mol. The van der Waals surface area contributed by atoms with Crippen LogP contribution in [0.3, 0.4) is 0 Å². The van der Waals surface area contributed by atoms with E-state index in [1.165, 1.54) is 21.3 Å². The number of nitrogens with two attached hydrogens (primary N) is 1. The van der Waals surface area contributed by atoms with Crippen LogP contribution in [0.1, 0.15) is 5.56 Å². The largest absolute Gasteiger partial charge is 0.496 e. The van der Waals surface area contributed by atoms with E-state index in [4.69, 9.17) is 32.3 Å². The summed E-state index contributed by atoms with van der Waals surface area (Å²) in [6, 6.07) is 3.41. The first kappa shape index (κ1) is 15.6. The summed E-state index contributed by atoms with van der Waals surface area (Å²) in [5.74, 6) is 6.82. The van der Waals surface area contributed by atoms with Gasteiger partial charge < -0.3 is 14.2 Å². The molecule has 1 heterocycles. The highest BCUT2D eigenvalue weighted by molar-refractivity contribution is 8.26. The molecular formula is C13H14N2O4S2. The highest BCUT2D eigenvalue weighted by Gasteiger charge is 2.30. The molecule has 1 aromatic carbocycles. The van der Waals surface area contributed by atoms with Gasteiger partial charge in [0, 0.05) is 11.6 Å². The van der Waals surface area contributed by atoms with Crippen molar-refractivity contribution in [2.75, 3.05) is 21.3 Å². The van der Waals surface area contributed by atoms with Gasteiger partial charge in [-0.05, 0) is 12.1 Å². The molecule has 1 amide bonds. The highest BCUT2D eigenvalue weighted by Crippen LogP contribution is 2.38. The Bertz CT molecular complexity index is 631. The van der Waals surface area contributed by atoms with Crippen molar-refractivity contribution in [2.24, 2.45) is 5.84 Å². The lowest BCUT2D eigenvalue weighted by Gasteiger charge is -2.12. The normalized spacial score (nSPS) is 16.6. The average Bonchev–Trinajstić information content (AvgIpc) is 2.74. The number of rotatable bonds is 4. The molecule has 0 atom stereocenters. The number of thiocarbonyl (C=S) groups is 1. The van der Waals surface area contributed by atoms with Crippen molar-refractivity contribution in [3.63, 3.8) is 0 Å². The van der Waals surface area contributed by atoms with Gasteiger partial charge in [-0.1, -0.05) is 24.0 Å². The zero-order valence-corrected chi connectivity index (χ0v) is 13.3. The highest BCUT2D eigenvalue weighted by atomic mass is 32.2. The van der Waals surface area contributed by atoms with Crippen molar-refractivity contribution < 1.29 is 19.0 Å². The number of methoxy groups -OCH3 is 3. The first-order valence-electron chi connectivity index (χ1n) is 5.84. The molecule has 112 valence electrons. The number of ether oxygens (including phenoxy) is 3. The number of carbonyl (C=O) groups excluding carboxylic acids is 1. The summed E-state index contributed by atoms with van der Waals surface area (Å²) in [5.41, 5.74) is 0.670. The molecule has 8 heteroatoms. The number of hydrogen-bond acceptors (Lipinski definition) is 7. The second kappa shape index (κ2) is 6.33. The first-order valence-corrected chi connectivity index (χ1v) is 7.07. The molecule has 2 rings (SSSR count). The molecule has 0 unspecified atom stereocenters. The van der Waals surface area contributed by atoms with Crippen molar-refractivity contribution in [1.82, 2.24) is 5.01 Å². The molecule has 0 bridgehead atoms. The van der Waals surface area contributed by atoms with Crippen LogP contribution in [-0.2, 0) is 4.79 Å². The summed E-state index contributed by atoms with van der Waals surface area (Å²) in [5, 5.41) is 0.944. The molecule has 1 aliphatic heterocycles. The second-order valence-corrected chi connectivity index (χ2v) is 5.68. The van der Waals surface area contributed by atoms with E-state index in [0.717, 1.165) is 16.8 Å². The van der Waals surface area contributed by atoms with Gasteiger partial charge in [-0.2, -0.15) is 0 Å². The minimum atomic E-state index is -0.346. The van der Waals surface area contributed by atoms with Crippen molar-refractivity contribution in [2.45, 2.75) is 0 Å². The minimum absolute atomic E-state index is 0.311. The molecule has 0 aromatic heterocycles. The quantitative estimate of drug-likeness (QED) is 0.391. The number of benzene rings is 1. The molecule has 0 spiro atoms. The maximum absolute atomic E-state index is 11.9. The number of hydrazine groups is 1. The first-order chi connectivity index (χ1) is 10.0. The van der Waals surface area contributed by atoms with Gasteiger partial charge in [0.15, 0.2) is 15.8 Å². The topological polar surface area (TPSA) is 74.0 Å². The Morgan fingerprint density at radius 3 is 2.19 bits per heavy atom. The second-order valence-electron chi connectivity index (χ2n) is 4.00. The molecule has 0 saturated carbocycles. The van der Waals surface area contributed by atoms with Gasteiger partial charge in [0.2, 0.25) is 0 Å². The van der Waals surface area contributed by atoms with E-state index in [-0.39, 0.29) is 5.91 Å². The molecule has 0 radical (unpaired) electrons. The molecule has 1 aliphatic rings. The summed E-state index contributed by atoms with van der Waals surface area (Å²) in [6.07, 6.45) is 1.66. The number of amides is 1. The molecule has 6 nitrogen and oxygen atoms in total. The van der Waals surface area contributed by atoms with Crippen LogP contribution in [0, 0.1) is 0 Å². The summed E-state index contributed by atoms with van der Waals surface area (Å²) >= 11 is 6.12. The van der Waals surface area contributed by atoms with Crippen LogP contribution in [0.25, 0.3) is 6.08 Å². The Labute approximate surface area is 131 Å². The standard InChI is InChI=1S/C13H14N2O4S2/c1-17-8-6-10(19-3)9(18-2)4-7(8)5-11-12(16)15(14)13(20)21-11/h4-6H,14H2,1-3H3. The van der Waals surface area contributed by atoms with Crippen molar-refractivity contribution >= 4 is 40.3 Å². The van der Waals surface area contributed by atoms with Crippen molar-refractivity contribution in [1.29, 1.82) is 0 Å². The van der Waals surface area contributed by atoms with E-state index in [2.05, 4.69) is 0 Å². The minimum Gasteiger partial charge on any atom is -0.496 e. The summed E-state index contributed by atoms with van der Waals surface area (Å²) in [4.78, 5) is 12.3. The lowest BCUT2D eigenvalue weighted by Crippen LogP contribution is -2.34. The van der Waals surface area contributed by atoms with E-state index >= 15 is 0 Å². The van der Waals surface area contributed by atoms with Crippen LogP contribution in [-0.4, -0.2) is 36.6 Å². The summed E-state index contributed by atoms with van der Waals surface area (Å²) < 4.78 is 16.1. The maximum atomic E-state index is 11.9. The van der Waals surface area contributed by atoms with Crippen molar-refractivity contribution in [3.05, 3.63) is 22.6 Å². The van der Waals surface area contributed by atoms with E-state index in [1.54, 1.807) is 18.2 Å². The molecule has 21 heavy (non-hydrogen) atoms. The fourth-order valence-corrected chi connectivity index (χ4v) is 2.88. The Kier molecular flexibility index (Phi) is 4.71. The fraction of sp³-hybridized carbons (Fsp3) is 0.231. The molecule has 1 fully saturated rings. The lowest BCUT2D eigenvalue weighted by atomic mass is 10.1. The van der Waals surface area contributed by atoms with Crippen molar-refractivity contribution in [3.8, 4) is 17.2 Å². The zero-order chi connectivity index (χ0) is 15.6. The SMILES string of the molecule is COc1cc(OC)c(OC)cc1C=C1SC(=S)N(N)C1=O. The van der Waals surface area contributed by atoms with Crippen LogP contribution in [0.4, 0.5) is 0 Å². The van der Waals surface area contributed by atoms with Crippen LogP contribution in [0.2, 0.25) is 0 Å². The Morgan fingerprint density at radius 1 is 1.14 bits per heavy atom. The third-order valence-corrected chi connectivity index (χ3v) is 4.18. The van der Waals surface area contributed by atoms with Gasteiger partial charge >= 0.3 is 0 Å². The molecule has 1 aromatic rings. The van der Waals surface area contributed by atoms with Gasteiger partial charge in [-0.25, -0.2) is 10.9 Å². The van der Waals surface area contributed by atoms with Gasteiger partial charge in [0.05, 0.1) is 26.2 Å². The van der Waals surface area contributed by atoms with Crippen LogP contribution < -0.4 is 20.1 Å². The fourth-order valence-electron chi connectivity index (χ4n) is 1.79. The predicted molar refractivity (Wildman–Crippen MR) is 85.3 cm³/mol. The van der Waals surface area contributed by atoms with Gasteiger partial charge in [0.25, 0.3) is 5.91 Å². The number of hydrogen-bond donors (Lipinski definition) is 1. The van der Waals surface area contributed by atoms with Gasteiger partial charge in [0.1, 0.15) is 5.75 Å². The maximum Gasteiger partial charge on any atom is 0.280 e. The Balaban J connectivity index is 2.49. The number of thioether (sulfide) groups is 1. The number of nitrogens with zero attached hydrogens (tertiary/aromatic N) is 1. The predicted octanol–water partition coefficient (Wildman–Crippen LogP) is 1.79. The average molecular weight is 326 g/mol. The van der Waals surface area contributed by atoms with E-state index in [1.807, 2.05) is 0 Å². The summed E-state index contributed by atoms with van der Waals surface area (Å²) in [7, 11) is 4.61. The van der Waals surface area contributed by atoms with E-state index < -0.39 is 0 Å². The van der Waals surface area contributed by atoms with E-state index in [9.17, 15) is 4.79 Å². The van der Waals surface area contributed by atoms with Crippen LogP contribution in [0.5, 0.6) is 17.2 Å². The van der Waals surface area contributed by atoms with Gasteiger partial charge in [-0.15, -0.1) is 0 Å². The summed E-state index contributed by atoms with van der Waals surface area (Å²) in [6.45, 7) is 0. The smallest absolute Gasteiger partial charge is 0.280 e. The molecule has 0 aliphatic carbocycles. The molecule has 1 saturated heterocycles. The Hall–Kier alpha value is -1.77.